The molecule has 0 amide bonds. The Morgan fingerprint density at radius 1 is 1.38 bits per heavy atom. The second-order valence-electron chi connectivity index (χ2n) is 4.30. The zero-order chi connectivity index (χ0) is 12.1. The summed E-state index contributed by atoms with van der Waals surface area (Å²) < 4.78 is 5.54. The zero-order valence-electron chi connectivity index (χ0n) is 10.4. The first-order chi connectivity index (χ1) is 7.50. The van der Waals surface area contributed by atoms with Gasteiger partial charge in [0.05, 0.1) is 6.20 Å². The van der Waals surface area contributed by atoms with E-state index in [1.165, 1.54) is 11.3 Å². The van der Waals surface area contributed by atoms with E-state index in [9.17, 15) is 0 Å². The van der Waals surface area contributed by atoms with Crippen molar-refractivity contribution in [3.63, 3.8) is 0 Å². The van der Waals surface area contributed by atoms with E-state index in [-0.39, 0.29) is 0 Å². The lowest BCUT2D eigenvalue weighted by Gasteiger charge is -2.30. The molecule has 1 rings (SSSR count). The molecule has 0 saturated heterocycles. The maximum absolute atomic E-state index is 5.57. The van der Waals surface area contributed by atoms with Gasteiger partial charge >= 0.3 is 0 Å². The summed E-state index contributed by atoms with van der Waals surface area (Å²) in [6.45, 7) is 10.4. The normalized spacial score (nSPS) is 11.7. The topological polar surface area (TPSA) is 51.4 Å². The fraction of sp³-hybridized carbons (Fsp3) is 0.727. The molecule has 1 aromatic heterocycles. The van der Waals surface area contributed by atoms with E-state index in [0.717, 1.165) is 6.54 Å². The van der Waals surface area contributed by atoms with Crippen molar-refractivity contribution in [2.24, 2.45) is 0 Å². The molecule has 0 aliphatic carbocycles. The van der Waals surface area contributed by atoms with Gasteiger partial charge in [-0.1, -0.05) is 11.3 Å². The summed E-state index contributed by atoms with van der Waals surface area (Å²) in [6, 6.07) is 1.06. The highest BCUT2D eigenvalue weighted by molar-refractivity contribution is 7.17. The number of nitrogen functional groups attached to an aromatic ring is 1. The summed E-state index contributed by atoms with van der Waals surface area (Å²) in [5.74, 6) is 0. The number of rotatable bonds is 6. The lowest BCUT2D eigenvalue weighted by Crippen LogP contribution is -2.39. The molecule has 5 heteroatoms. The number of hydrogen-bond acceptors (Lipinski definition) is 5. The Hall–Kier alpha value is -0.810. The van der Waals surface area contributed by atoms with Gasteiger partial charge in [-0.3, -0.25) is 4.90 Å². The summed E-state index contributed by atoms with van der Waals surface area (Å²) in [5.41, 5.74) is 5.57. The van der Waals surface area contributed by atoms with E-state index >= 15 is 0 Å². The van der Waals surface area contributed by atoms with Crippen molar-refractivity contribution in [1.82, 2.24) is 9.88 Å². The number of nitrogens with zero attached hydrogens (tertiary/aromatic N) is 2. The number of thiazole rings is 1. The van der Waals surface area contributed by atoms with Crippen molar-refractivity contribution in [2.45, 2.75) is 39.8 Å². The number of hydrogen-bond donors (Lipinski definition) is 1. The summed E-state index contributed by atoms with van der Waals surface area (Å²) in [5, 5.41) is 1.35. The Morgan fingerprint density at radius 2 is 2.00 bits per heavy atom. The van der Waals surface area contributed by atoms with Crippen LogP contribution in [-0.4, -0.2) is 35.1 Å². The maximum atomic E-state index is 5.57. The van der Waals surface area contributed by atoms with Crippen LogP contribution < -0.4 is 10.5 Å². The summed E-state index contributed by atoms with van der Waals surface area (Å²) >= 11 is 1.38. The predicted molar refractivity (Wildman–Crippen MR) is 69.0 cm³/mol. The molecule has 0 saturated carbocycles. The van der Waals surface area contributed by atoms with E-state index in [0.29, 0.717) is 28.9 Å². The van der Waals surface area contributed by atoms with E-state index in [1.54, 1.807) is 6.20 Å². The van der Waals surface area contributed by atoms with Crippen LogP contribution in [0.3, 0.4) is 0 Å². The molecule has 16 heavy (non-hydrogen) atoms. The third-order valence-electron chi connectivity index (χ3n) is 2.40. The quantitative estimate of drug-likeness (QED) is 0.832. The highest BCUT2D eigenvalue weighted by Gasteiger charge is 2.13. The molecule has 0 spiro atoms. The van der Waals surface area contributed by atoms with Crippen LogP contribution in [0, 0.1) is 0 Å². The first-order valence-corrected chi connectivity index (χ1v) is 6.42. The fourth-order valence-corrected chi connectivity index (χ4v) is 2.24. The minimum Gasteiger partial charge on any atom is -0.469 e. The summed E-state index contributed by atoms with van der Waals surface area (Å²) in [4.78, 5) is 6.44. The van der Waals surface area contributed by atoms with Gasteiger partial charge < -0.3 is 10.5 Å². The van der Waals surface area contributed by atoms with Crippen molar-refractivity contribution in [3.05, 3.63) is 6.20 Å². The Labute approximate surface area is 101 Å². The van der Waals surface area contributed by atoms with Gasteiger partial charge in [0.25, 0.3) is 5.19 Å². The number of aromatic nitrogens is 1. The third kappa shape index (κ3) is 3.98. The van der Waals surface area contributed by atoms with Crippen LogP contribution in [0.5, 0.6) is 5.19 Å². The number of ether oxygens (including phenoxy) is 1. The van der Waals surface area contributed by atoms with Crippen LogP contribution in [0.25, 0.3) is 0 Å². The smallest absolute Gasteiger partial charge is 0.275 e. The van der Waals surface area contributed by atoms with Crippen molar-refractivity contribution < 1.29 is 4.74 Å². The van der Waals surface area contributed by atoms with Gasteiger partial charge in [0.15, 0.2) is 0 Å². The molecular formula is C11H21N3OS. The van der Waals surface area contributed by atoms with Gasteiger partial charge in [0, 0.05) is 18.6 Å². The van der Waals surface area contributed by atoms with Crippen LogP contribution in [-0.2, 0) is 0 Å². The average molecular weight is 243 g/mol. The third-order valence-corrected chi connectivity index (χ3v) is 3.14. The Morgan fingerprint density at radius 3 is 2.44 bits per heavy atom. The Balaban J connectivity index is 2.33. The largest absolute Gasteiger partial charge is 0.469 e. The summed E-state index contributed by atoms with van der Waals surface area (Å²) in [7, 11) is 0. The van der Waals surface area contributed by atoms with E-state index < -0.39 is 0 Å². The van der Waals surface area contributed by atoms with Gasteiger partial charge in [-0.2, -0.15) is 0 Å². The highest BCUT2D eigenvalue weighted by atomic mass is 32.1. The van der Waals surface area contributed by atoms with Crippen LogP contribution in [0.15, 0.2) is 6.20 Å². The molecule has 0 atom stereocenters. The predicted octanol–water partition coefficient (Wildman–Crippen LogP) is 2.22. The molecule has 0 unspecified atom stereocenters. The minimum absolute atomic E-state index is 0.532. The molecule has 0 aliphatic heterocycles. The van der Waals surface area contributed by atoms with Crippen LogP contribution >= 0.6 is 11.3 Å². The Bertz CT molecular complexity index is 304. The Kier molecular flexibility index (Phi) is 5.02. The standard InChI is InChI=1S/C11H21N3OS/c1-8(2)14(9(3)4)5-6-15-11-13-7-10(12)16-11/h7-9H,5-6,12H2,1-4H3. The lowest BCUT2D eigenvalue weighted by molar-refractivity contribution is 0.142. The monoisotopic (exact) mass is 243 g/mol. The van der Waals surface area contributed by atoms with Gasteiger partial charge in [-0.05, 0) is 27.7 Å². The molecule has 92 valence electrons. The van der Waals surface area contributed by atoms with E-state index in [1.807, 2.05) is 0 Å². The SMILES string of the molecule is CC(C)N(CCOc1ncc(N)s1)C(C)C. The fourth-order valence-electron chi connectivity index (χ4n) is 1.69. The first-order valence-electron chi connectivity index (χ1n) is 5.60. The molecule has 4 nitrogen and oxygen atoms in total. The molecule has 0 fully saturated rings. The second-order valence-corrected chi connectivity index (χ2v) is 5.33. The highest BCUT2D eigenvalue weighted by Crippen LogP contribution is 2.21. The average Bonchev–Trinajstić information content (AvgIpc) is 2.57. The zero-order valence-corrected chi connectivity index (χ0v) is 11.3. The second kappa shape index (κ2) is 6.06. The van der Waals surface area contributed by atoms with Crippen molar-refractivity contribution in [1.29, 1.82) is 0 Å². The lowest BCUT2D eigenvalue weighted by atomic mass is 10.2. The van der Waals surface area contributed by atoms with Gasteiger partial charge in [-0.25, -0.2) is 4.98 Å². The molecule has 1 aromatic rings. The maximum Gasteiger partial charge on any atom is 0.275 e. The van der Waals surface area contributed by atoms with Crippen LogP contribution in [0.2, 0.25) is 0 Å². The van der Waals surface area contributed by atoms with Crippen LogP contribution in [0.1, 0.15) is 27.7 Å². The minimum atomic E-state index is 0.532. The van der Waals surface area contributed by atoms with Gasteiger partial charge in [0.2, 0.25) is 0 Å². The van der Waals surface area contributed by atoms with Crippen molar-refractivity contribution in [2.75, 3.05) is 18.9 Å². The molecule has 1 heterocycles. The van der Waals surface area contributed by atoms with Gasteiger partial charge in [0.1, 0.15) is 11.6 Å². The molecular weight excluding hydrogens is 222 g/mol. The van der Waals surface area contributed by atoms with E-state index in [4.69, 9.17) is 10.5 Å². The molecule has 0 radical (unpaired) electrons. The van der Waals surface area contributed by atoms with Gasteiger partial charge in [-0.15, -0.1) is 0 Å². The van der Waals surface area contributed by atoms with Crippen LogP contribution in [0.4, 0.5) is 5.00 Å². The number of nitrogens with two attached hydrogens (primary N) is 1. The van der Waals surface area contributed by atoms with Crippen molar-refractivity contribution >= 4 is 16.3 Å². The summed E-state index contributed by atoms with van der Waals surface area (Å²) in [6.07, 6.45) is 1.63. The van der Waals surface area contributed by atoms with E-state index in [2.05, 4.69) is 37.6 Å². The van der Waals surface area contributed by atoms with Crippen molar-refractivity contribution in [3.8, 4) is 5.19 Å². The number of anilines is 1. The first kappa shape index (κ1) is 13.3. The molecule has 0 bridgehead atoms. The molecule has 0 aliphatic rings. The molecule has 0 aromatic carbocycles. The molecule has 2 N–H and O–H groups in total.